The van der Waals surface area contributed by atoms with Crippen molar-refractivity contribution in [1.29, 1.82) is 0 Å². The van der Waals surface area contributed by atoms with Crippen molar-refractivity contribution in [2.45, 2.75) is 65.0 Å². The van der Waals surface area contributed by atoms with Crippen molar-refractivity contribution in [3.05, 3.63) is 0 Å². The van der Waals surface area contributed by atoms with Crippen LogP contribution in [0.5, 0.6) is 0 Å². The van der Waals surface area contributed by atoms with Crippen LogP contribution in [0.3, 0.4) is 0 Å². The van der Waals surface area contributed by atoms with Crippen molar-refractivity contribution < 1.29 is 23.1 Å². The number of hydrogen-bond donors (Lipinski definition) is 2. The Morgan fingerprint density at radius 2 is 2.00 bits per heavy atom. The number of aliphatic carboxylic acids is 1. The lowest BCUT2D eigenvalue weighted by molar-refractivity contribution is -0.140. The zero-order valence-electron chi connectivity index (χ0n) is 14.1. The molecular formula is C15H28N2O5S. The maximum atomic E-state index is 12.2. The molecular weight excluding hydrogens is 320 g/mol. The van der Waals surface area contributed by atoms with Crippen molar-refractivity contribution >= 4 is 21.9 Å². The number of sulfonamides is 1. The number of likely N-dealkylation sites (tertiary alicyclic amines) is 1. The van der Waals surface area contributed by atoms with Gasteiger partial charge in [-0.1, -0.05) is 20.3 Å². The van der Waals surface area contributed by atoms with Crippen molar-refractivity contribution in [1.82, 2.24) is 9.62 Å². The smallest absolute Gasteiger partial charge is 0.322 e. The average Bonchev–Trinajstić information content (AvgIpc) is 2.50. The average molecular weight is 348 g/mol. The first-order valence-electron chi connectivity index (χ1n) is 8.18. The minimum Gasteiger partial charge on any atom is -0.480 e. The van der Waals surface area contributed by atoms with E-state index >= 15 is 0 Å². The van der Waals surface area contributed by atoms with Gasteiger partial charge in [-0.3, -0.25) is 9.59 Å². The van der Waals surface area contributed by atoms with Crippen LogP contribution in [-0.2, 0) is 19.6 Å². The minimum absolute atomic E-state index is 0.0388. The number of carbonyl (C=O) groups excluding carboxylic acids is 1. The third-order valence-corrected chi connectivity index (χ3v) is 5.92. The third-order valence-electron chi connectivity index (χ3n) is 4.54. The van der Waals surface area contributed by atoms with Gasteiger partial charge in [0, 0.05) is 19.5 Å². The molecule has 1 aliphatic heterocycles. The summed E-state index contributed by atoms with van der Waals surface area (Å²) in [5.74, 6) is -1.65. The number of piperidine rings is 1. The van der Waals surface area contributed by atoms with Gasteiger partial charge < -0.3 is 10.0 Å². The summed E-state index contributed by atoms with van der Waals surface area (Å²) in [7, 11) is -3.70. The second-order valence-corrected chi connectivity index (χ2v) is 8.16. The first-order chi connectivity index (χ1) is 10.7. The first-order valence-corrected chi connectivity index (χ1v) is 9.83. The molecule has 1 unspecified atom stereocenters. The predicted octanol–water partition coefficient (Wildman–Crippen LogP) is 1.20. The largest absolute Gasteiger partial charge is 0.480 e. The van der Waals surface area contributed by atoms with Crippen LogP contribution in [0.15, 0.2) is 0 Å². The summed E-state index contributed by atoms with van der Waals surface area (Å²) in [6.07, 6.45) is 3.62. The highest BCUT2D eigenvalue weighted by Gasteiger charge is 2.30. The molecule has 23 heavy (non-hydrogen) atoms. The van der Waals surface area contributed by atoms with Crippen molar-refractivity contribution in [2.75, 3.05) is 12.3 Å². The lowest BCUT2D eigenvalue weighted by Crippen LogP contribution is -2.47. The molecule has 0 saturated carbocycles. The van der Waals surface area contributed by atoms with Gasteiger partial charge in [-0.2, -0.15) is 0 Å². The standard InChI is InChI=1S/C15H28N2O5S/c1-4-11(2)14(15(19)20)16-23(21,22)10-8-13-7-5-6-9-17(13)12(3)18/h11,13-14,16H,4-10H2,1-3H3,(H,19,20)/t11-,13?,14-/m0/s1. The van der Waals surface area contributed by atoms with Crippen molar-refractivity contribution in [3.8, 4) is 0 Å². The second-order valence-electron chi connectivity index (χ2n) is 6.29. The van der Waals surface area contributed by atoms with Crippen LogP contribution >= 0.6 is 0 Å². The molecule has 1 saturated heterocycles. The molecule has 134 valence electrons. The van der Waals surface area contributed by atoms with E-state index < -0.39 is 22.0 Å². The van der Waals surface area contributed by atoms with E-state index in [0.29, 0.717) is 19.4 Å². The fourth-order valence-electron chi connectivity index (χ4n) is 2.90. The Morgan fingerprint density at radius 3 is 2.52 bits per heavy atom. The topological polar surface area (TPSA) is 104 Å². The van der Waals surface area contributed by atoms with E-state index in [1.54, 1.807) is 11.8 Å². The summed E-state index contributed by atoms with van der Waals surface area (Å²) in [6, 6.07) is -1.19. The highest BCUT2D eigenvalue weighted by Crippen LogP contribution is 2.20. The van der Waals surface area contributed by atoms with Gasteiger partial charge in [0.05, 0.1) is 5.75 Å². The van der Waals surface area contributed by atoms with Crippen LogP contribution < -0.4 is 4.72 Å². The molecule has 1 amide bonds. The van der Waals surface area contributed by atoms with E-state index in [-0.39, 0.29) is 23.6 Å². The van der Waals surface area contributed by atoms with Gasteiger partial charge in [-0.25, -0.2) is 13.1 Å². The molecule has 1 fully saturated rings. The van der Waals surface area contributed by atoms with E-state index in [0.717, 1.165) is 19.3 Å². The van der Waals surface area contributed by atoms with Crippen molar-refractivity contribution in [3.63, 3.8) is 0 Å². The van der Waals surface area contributed by atoms with Gasteiger partial charge in [0.1, 0.15) is 6.04 Å². The Kier molecular flexibility index (Phi) is 7.47. The number of amides is 1. The van der Waals surface area contributed by atoms with E-state index in [1.807, 2.05) is 6.92 Å². The Hall–Kier alpha value is -1.15. The molecule has 3 atom stereocenters. The van der Waals surface area contributed by atoms with E-state index in [4.69, 9.17) is 0 Å². The van der Waals surface area contributed by atoms with Gasteiger partial charge in [0.15, 0.2) is 0 Å². The molecule has 0 aromatic carbocycles. The number of carboxylic acids is 1. The number of nitrogens with zero attached hydrogens (tertiary/aromatic N) is 1. The summed E-state index contributed by atoms with van der Waals surface area (Å²) < 4.78 is 26.7. The molecule has 1 aliphatic rings. The summed E-state index contributed by atoms with van der Waals surface area (Å²) in [5.41, 5.74) is 0. The molecule has 1 heterocycles. The zero-order chi connectivity index (χ0) is 17.6. The molecule has 7 nitrogen and oxygen atoms in total. The molecule has 2 N–H and O–H groups in total. The maximum Gasteiger partial charge on any atom is 0.322 e. The highest BCUT2D eigenvalue weighted by atomic mass is 32.2. The lowest BCUT2D eigenvalue weighted by Gasteiger charge is -2.35. The number of rotatable bonds is 8. The lowest BCUT2D eigenvalue weighted by atomic mass is 10.00. The Labute approximate surface area is 138 Å². The van der Waals surface area contributed by atoms with Crippen LogP contribution in [0.25, 0.3) is 0 Å². The van der Waals surface area contributed by atoms with E-state index in [2.05, 4.69) is 4.72 Å². The molecule has 0 bridgehead atoms. The predicted molar refractivity (Wildman–Crippen MR) is 87.4 cm³/mol. The zero-order valence-corrected chi connectivity index (χ0v) is 14.9. The maximum absolute atomic E-state index is 12.2. The third kappa shape index (κ3) is 6.10. The van der Waals surface area contributed by atoms with Gasteiger partial charge in [-0.05, 0) is 31.6 Å². The van der Waals surface area contributed by atoms with Crippen molar-refractivity contribution in [2.24, 2.45) is 5.92 Å². The monoisotopic (exact) mass is 348 g/mol. The highest BCUT2D eigenvalue weighted by molar-refractivity contribution is 7.89. The molecule has 0 radical (unpaired) electrons. The quantitative estimate of drug-likeness (QED) is 0.686. The summed E-state index contributed by atoms with van der Waals surface area (Å²) in [4.78, 5) is 24.6. The number of carbonyl (C=O) groups is 2. The van der Waals surface area contributed by atoms with Crippen LogP contribution in [0.4, 0.5) is 0 Å². The van der Waals surface area contributed by atoms with Gasteiger partial charge in [0.2, 0.25) is 15.9 Å². The Balaban J connectivity index is 2.67. The molecule has 0 aromatic heterocycles. The number of carboxylic acid groups (broad SMARTS) is 1. The summed E-state index contributed by atoms with van der Waals surface area (Å²) in [6.45, 7) is 5.69. The summed E-state index contributed by atoms with van der Waals surface area (Å²) in [5, 5.41) is 9.19. The number of hydrogen-bond acceptors (Lipinski definition) is 4. The molecule has 0 spiro atoms. The molecule has 1 rings (SSSR count). The van der Waals surface area contributed by atoms with Gasteiger partial charge in [-0.15, -0.1) is 0 Å². The molecule has 0 aliphatic carbocycles. The fraction of sp³-hybridized carbons (Fsp3) is 0.867. The Morgan fingerprint density at radius 1 is 1.35 bits per heavy atom. The minimum atomic E-state index is -3.70. The van der Waals surface area contributed by atoms with Crippen LogP contribution in [-0.4, -0.2) is 54.7 Å². The first kappa shape index (κ1) is 19.9. The fourth-order valence-corrected chi connectivity index (χ4v) is 4.32. The molecule has 8 heteroatoms. The number of nitrogens with one attached hydrogen (secondary N) is 1. The summed E-state index contributed by atoms with van der Waals surface area (Å²) >= 11 is 0. The van der Waals surface area contributed by atoms with Crippen LogP contribution in [0.2, 0.25) is 0 Å². The Bertz CT molecular complexity index is 520. The van der Waals surface area contributed by atoms with Gasteiger partial charge >= 0.3 is 5.97 Å². The van der Waals surface area contributed by atoms with E-state index in [9.17, 15) is 23.1 Å². The van der Waals surface area contributed by atoms with Crippen LogP contribution in [0, 0.1) is 5.92 Å². The van der Waals surface area contributed by atoms with E-state index in [1.165, 1.54) is 6.92 Å². The SMILES string of the molecule is CC[C@H](C)[C@H](NS(=O)(=O)CCC1CCCCN1C(C)=O)C(=O)O. The van der Waals surface area contributed by atoms with Gasteiger partial charge in [0.25, 0.3) is 0 Å². The van der Waals surface area contributed by atoms with Crippen LogP contribution in [0.1, 0.15) is 52.9 Å². The molecule has 0 aromatic rings. The normalized spacial score (nSPS) is 21.7. The second kappa shape index (κ2) is 8.63.